The number of aromatic nitrogens is 3. The lowest BCUT2D eigenvalue weighted by atomic mass is 10.2. The standard InChI is InChI=1S/C22H23ClN4O2S/c1-4-10-27-20(13-29-18-8-9-19(23)16(3)12-18)25-26-22(27)30-14-21(28)24-17-7-5-6-15(2)11-17/h4-9,11-12H,1,10,13-14H2,2-3H3,(H,24,28). The predicted octanol–water partition coefficient (Wildman–Crippen LogP) is 5.04. The van der Waals surface area contributed by atoms with Gasteiger partial charge in [-0.2, -0.15) is 0 Å². The summed E-state index contributed by atoms with van der Waals surface area (Å²) in [4.78, 5) is 12.3. The molecule has 0 radical (unpaired) electrons. The Morgan fingerprint density at radius 3 is 2.83 bits per heavy atom. The van der Waals surface area contributed by atoms with Gasteiger partial charge in [0.15, 0.2) is 11.0 Å². The zero-order valence-corrected chi connectivity index (χ0v) is 18.5. The minimum atomic E-state index is -0.104. The third kappa shape index (κ3) is 5.87. The Bertz CT molecular complexity index is 1050. The number of thioether (sulfide) groups is 1. The molecule has 3 aromatic rings. The second-order valence-electron chi connectivity index (χ2n) is 6.70. The Kier molecular flexibility index (Phi) is 7.54. The topological polar surface area (TPSA) is 69.0 Å². The van der Waals surface area contributed by atoms with Crippen molar-refractivity contribution in [2.45, 2.75) is 32.2 Å². The average Bonchev–Trinajstić information content (AvgIpc) is 3.09. The largest absolute Gasteiger partial charge is 0.486 e. The monoisotopic (exact) mass is 442 g/mol. The molecule has 0 spiro atoms. The van der Waals surface area contributed by atoms with Crippen molar-refractivity contribution in [1.29, 1.82) is 0 Å². The molecule has 0 atom stereocenters. The van der Waals surface area contributed by atoms with E-state index < -0.39 is 0 Å². The first kappa shape index (κ1) is 21.9. The molecule has 3 rings (SSSR count). The van der Waals surface area contributed by atoms with Crippen LogP contribution in [0.15, 0.2) is 60.3 Å². The molecule has 1 heterocycles. The molecular weight excluding hydrogens is 420 g/mol. The van der Waals surface area contributed by atoms with E-state index in [1.807, 2.05) is 54.8 Å². The summed E-state index contributed by atoms with van der Waals surface area (Å²) in [6, 6.07) is 13.2. The molecule has 0 bridgehead atoms. The van der Waals surface area contributed by atoms with Crippen molar-refractivity contribution in [3.05, 3.63) is 77.1 Å². The summed E-state index contributed by atoms with van der Waals surface area (Å²) in [5.41, 5.74) is 2.81. The van der Waals surface area contributed by atoms with E-state index in [-0.39, 0.29) is 18.3 Å². The molecule has 8 heteroatoms. The van der Waals surface area contributed by atoms with Gasteiger partial charge in [-0.05, 0) is 55.3 Å². The number of nitrogens with zero attached hydrogens (tertiary/aromatic N) is 3. The van der Waals surface area contributed by atoms with E-state index in [4.69, 9.17) is 16.3 Å². The first-order valence-corrected chi connectivity index (χ1v) is 10.7. The van der Waals surface area contributed by atoms with Crippen molar-refractivity contribution in [2.75, 3.05) is 11.1 Å². The smallest absolute Gasteiger partial charge is 0.234 e. The van der Waals surface area contributed by atoms with Crippen molar-refractivity contribution in [1.82, 2.24) is 14.8 Å². The van der Waals surface area contributed by atoms with E-state index in [0.29, 0.717) is 28.3 Å². The van der Waals surface area contributed by atoms with Crippen LogP contribution in [0, 0.1) is 13.8 Å². The number of ether oxygens (including phenoxy) is 1. The number of nitrogens with one attached hydrogen (secondary N) is 1. The highest BCUT2D eigenvalue weighted by Crippen LogP contribution is 2.23. The molecule has 0 fully saturated rings. The fourth-order valence-corrected chi connectivity index (χ4v) is 3.63. The highest BCUT2D eigenvalue weighted by molar-refractivity contribution is 7.99. The van der Waals surface area contributed by atoms with Crippen molar-refractivity contribution >= 4 is 35.0 Å². The first-order chi connectivity index (χ1) is 14.5. The van der Waals surface area contributed by atoms with Gasteiger partial charge in [0.05, 0.1) is 5.75 Å². The maximum Gasteiger partial charge on any atom is 0.234 e. The highest BCUT2D eigenvalue weighted by Gasteiger charge is 2.14. The summed E-state index contributed by atoms with van der Waals surface area (Å²) in [6.07, 6.45) is 1.76. The van der Waals surface area contributed by atoms with Crippen molar-refractivity contribution in [3.63, 3.8) is 0 Å². The Morgan fingerprint density at radius 2 is 2.10 bits per heavy atom. The van der Waals surface area contributed by atoms with E-state index in [9.17, 15) is 4.79 Å². The van der Waals surface area contributed by atoms with Gasteiger partial charge in [0.25, 0.3) is 0 Å². The molecule has 0 saturated heterocycles. The maximum absolute atomic E-state index is 12.3. The van der Waals surface area contributed by atoms with Crippen molar-refractivity contribution in [2.24, 2.45) is 0 Å². The fourth-order valence-electron chi connectivity index (χ4n) is 2.75. The first-order valence-electron chi connectivity index (χ1n) is 9.37. The number of anilines is 1. The minimum Gasteiger partial charge on any atom is -0.486 e. The predicted molar refractivity (Wildman–Crippen MR) is 121 cm³/mol. The number of carbonyl (C=O) groups is 1. The fraction of sp³-hybridized carbons (Fsp3) is 0.227. The number of rotatable bonds is 9. The molecule has 6 nitrogen and oxygen atoms in total. The number of amides is 1. The average molecular weight is 443 g/mol. The molecular formula is C22H23ClN4O2S. The molecule has 0 aliphatic carbocycles. The lowest BCUT2D eigenvalue weighted by Crippen LogP contribution is -2.15. The Balaban J connectivity index is 1.62. The minimum absolute atomic E-state index is 0.104. The molecule has 1 aromatic heterocycles. The van der Waals surface area contributed by atoms with E-state index in [2.05, 4.69) is 22.1 Å². The van der Waals surface area contributed by atoms with Gasteiger partial charge in [-0.15, -0.1) is 16.8 Å². The molecule has 156 valence electrons. The van der Waals surface area contributed by atoms with Gasteiger partial charge >= 0.3 is 0 Å². The van der Waals surface area contributed by atoms with E-state index in [1.54, 1.807) is 12.1 Å². The molecule has 0 aliphatic heterocycles. The molecule has 1 amide bonds. The number of carbonyl (C=O) groups excluding carboxylic acids is 1. The zero-order valence-electron chi connectivity index (χ0n) is 16.9. The highest BCUT2D eigenvalue weighted by atomic mass is 35.5. The van der Waals surface area contributed by atoms with Crippen molar-refractivity contribution < 1.29 is 9.53 Å². The summed E-state index contributed by atoms with van der Waals surface area (Å²) in [5.74, 6) is 1.48. The number of allylic oxidation sites excluding steroid dienone is 1. The lowest BCUT2D eigenvalue weighted by molar-refractivity contribution is -0.113. The van der Waals surface area contributed by atoms with Gasteiger partial charge in [-0.3, -0.25) is 9.36 Å². The lowest BCUT2D eigenvalue weighted by Gasteiger charge is -2.10. The summed E-state index contributed by atoms with van der Waals surface area (Å²) in [5, 5.41) is 12.7. The van der Waals surface area contributed by atoms with Gasteiger partial charge < -0.3 is 10.1 Å². The Labute approximate surface area is 185 Å². The second kappa shape index (κ2) is 10.3. The number of halogens is 1. The third-order valence-corrected chi connectivity index (χ3v) is 5.63. The van der Waals surface area contributed by atoms with Crippen LogP contribution in [-0.4, -0.2) is 26.4 Å². The Hall–Kier alpha value is -2.77. The van der Waals surface area contributed by atoms with Crippen LogP contribution in [0.25, 0.3) is 0 Å². The number of aryl methyl sites for hydroxylation is 2. The molecule has 1 N–H and O–H groups in total. The van der Waals surface area contributed by atoms with Gasteiger partial charge in [0.1, 0.15) is 12.4 Å². The van der Waals surface area contributed by atoms with Gasteiger partial charge in [-0.25, -0.2) is 0 Å². The van der Waals surface area contributed by atoms with E-state index in [0.717, 1.165) is 16.8 Å². The van der Waals surface area contributed by atoms with E-state index >= 15 is 0 Å². The van der Waals surface area contributed by atoms with Crippen LogP contribution in [0.3, 0.4) is 0 Å². The molecule has 0 aliphatic rings. The van der Waals surface area contributed by atoms with Crippen LogP contribution in [0.5, 0.6) is 5.75 Å². The van der Waals surface area contributed by atoms with Crippen LogP contribution in [-0.2, 0) is 17.9 Å². The SMILES string of the molecule is C=CCn1c(COc2ccc(Cl)c(C)c2)nnc1SCC(=O)Nc1cccc(C)c1. The summed E-state index contributed by atoms with van der Waals surface area (Å²) < 4.78 is 7.73. The van der Waals surface area contributed by atoms with E-state index in [1.165, 1.54) is 11.8 Å². The molecule has 2 aromatic carbocycles. The van der Waals surface area contributed by atoms with Crippen LogP contribution in [0.4, 0.5) is 5.69 Å². The normalized spacial score (nSPS) is 10.6. The van der Waals surface area contributed by atoms with Crippen LogP contribution >= 0.6 is 23.4 Å². The number of hydrogen-bond acceptors (Lipinski definition) is 5. The van der Waals surface area contributed by atoms with Crippen LogP contribution < -0.4 is 10.1 Å². The van der Waals surface area contributed by atoms with Gasteiger partial charge in [0.2, 0.25) is 5.91 Å². The summed E-state index contributed by atoms with van der Waals surface area (Å²) in [6.45, 7) is 8.47. The Morgan fingerprint density at radius 1 is 1.27 bits per heavy atom. The maximum atomic E-state index is 12.3. The third-order valence-electron chi connectivity index (χ3n) is 4.24. The number of benzene rings is 2. The van der Waals surface area contributed by atoms with Crippen LogP contribution in [0.2, 0.25) is 5.02 Å². The number of hydrogen-bond donors (Lipinski definition) is 1. The molecule has 0 saturated carbocycles. The quantitative estimate of drug-likeness (QED) is 0.371. The molecule has 30 heavy (non-hydrogen) atoms. The van der Waals surface area contributed by atoms with Gasteiger partial charge in [-0.1, -0.05) is 41.6 Å². The van der Waals surface area contributed by atoms with Gasteiger partial charge in [0, 0.05) is 17.3 Å². The second-order valence-corrected chi connectivity index (χ2v) is 8.05. The molecule has 0 unspecified atom stereocenters. The van der Waals surface area contributed by atoms with Crippen LogP contribution in [0.1, 0.15) is 17.0 Å². The summed E-state index contributed by atoms with van der Waals surface area (Å²) >= 11 is 7.38. The van der Waals surface area contributed by atoms with Crippen molar-refractivity contribution in [3.8, 4) is 5.75 Å². The summed E-state index contributed by atoms with van der Waals surface area (Å²) in [7, 11) is 0. The zero-order chi connectivity index (χ0) is 21.5.